The standard InChI is InChI=1S/C63H127N2O6P/c1-6-8-10-12-14-16-18-20-22-24-26-28-30-31-32-33-35-37-39-41-43-45-47-49-51-53-55-57-63(67)64-61(60-71-72(68,69)70-59-58-65(3,4)5)62(66)56-54-52-50-48-46-44-42-40-38-36-34-29-27-25-23-21-19-17-15-13-11-9-7-2/h31-32,61-62,66H,6-30,33-60H2,1-5H3,(H-,64,67,68,69)/b32-31-. The van der Waals surface area contributed by atoms with Crippen molar-refractivity contribution in [3.8, 4) is 0 Å². The molecule has 0 bridgehead atoms. The maximum Gasteiger partial charge on any atom is 0.268 e. The molecule has 0 aromatic rings. The lowest BCUT2D eigenvalue weighted by molar-refractivity contribution is -0.870. The van der Waals surface area contributed by atoms with E-state index in [0.717, 1.165) is 38.5 Å². The molecule has 0 aliphatic carbocycles. The molecule has 1 amide bonds. The van der Waals surface area contributed by atoms with E-state index in [9.17, 15) is 19.4 Å². The lowest BCUT2D eigenvalue weighted by atomic mass is 10.0. The first kappa shape index (κ1) is 71.2. The second-order valence-corrected chi connectivity index (χ2v) is 24.9. The summed E-state index contributed by atoms with van der Waals surface area (Å²) in [6.07, 6.45) is 68.3. The van der Waals surface area contributed by atoms with E-state index in [1.54, 1.807) is 0 Å². The Balaban J connectivity index is 4.07. The van der Waals surface area contributed by atoms with E-state index in [1.807, 2.05) is 21.1 Å². The fourth-order valence-corrected chi connectivity index (χ4v) is 10.7. The SMILES string of the molecule is CCCCCCCCCCCCCC/C=C\CCCCCCCCCCCCCC(=O)NC(COP(=O)([O-])OCC[N+](C)(C)C)C(O)CCCCCCCCCCCCCCCCCCCCCCCCC. The number of carbonyl (C=O) groups is 1. The first-order valence-corrected chi connectivity index (χ1v) is 33.5. The minimum Gasteiger partial charge on any atom is -0.756 e. The number of unbranched alkanes of at least 4 members (excludes halogenated alkanes) is 45. The van der Waals surface area contributed by atoms with E-state index in [-0.39, 0.29) is 19.1 Å². The number of aliphatic hydroxyl groups is 1. The Kier molecular flexibility index (Phi) is 54.4. The van der Waals surface area contributed by atoms with Crippen LogP contribution in [0.25, 0.3) is 0 Å². The zero-order chi connectivity index (χ0) is 52.7. The molecule has 0 spiro atoms. The van der Waals surface area contributed by atoms with Crippen molar-refractivity contribution in [3.05, 3.63) is 12.2 Å². The Labute approximate surface area is 450 Å². The van der Waals surface area contributed by atoms with Gasteiger partial charge >= 0.3 is 0 Å². The minimum absolute atomic E-state index is 0.0149. The van der Waals surface area contributed by atoms with Crippen LogP contribution in [0.2, 0.25) is 0 Å². The van der Waals surface area contributed by atoms with E-state index >= 15 is 0 Å². The number of phosphoric acid groups is 1. The first-order chi connectivity index (χ1) is 35.0. The van der Waals surface area contributed by atoms with Gasteiger partial charge in [0, 0.05) is 6.42 Å². The number of nitrogens with one attached hydrogen (secondary N) is 1. The summed E-state index contributed by atoms with van der Waals surface area (Å²) in [4.78, 5) is 25.6. The Morgan fingerprint density at radius 3 is 1.08 bits per heavy atom. The van der Waals surface area contributed by atoms with Crippen molar-refractivity contribution in [2.45, 2.75) is 347 Å². The number of allylic oxidation sites excluding steroid dienone is 2. The van der Waals surface area contributed by atoms with Crippen LogP contribution in [0.15, 0.2) is 12.2 Å². The third-order valence-electron chi connectivity index (χ3n) is 15.0. The summed E-state index contributed by atoms with van der Waals surface area (Å²) in [6.45, 7) is 4.78. The maximum atomic E-state index is 13.0. The summed E-state index contributed by atoms with van der Waals surface area (Å²) in [5.74, 6) is -0.159. The molecule has 430 valence electrons. The van der Waals surface area contributed by atoms with Gasteiger partial charge in [0.15, 0.2) is 0 Å². The topological polar surface area (TPSA) is 108 Å². The van der Waals surface area contributed by atoms with Gasteiger partial charge in [-0.15, -0.1) is 0 Å². The molecule has 0 rings (SSSR count). The Morgan fingerprint density at radius 1 is 0.472 bits per heavy atom. The largest absolute Gasteiger partial charge is 0.756 e. The average Bonchev–Trinajstić information content (AvgIpc) is 3.34. The second kappa shape index (κ2) is 55.0. The summed E-state index contributed by atoms with van der Waals surface area (Å²) in [6, 6.07) is -0.799. The Morgan fingerprint density at radius 2 is 0.764 bits per heavy atom. The molecule has 0 aromatic carbocycles. The monoisotopic (exact) mass is 1040 g/mol. The van der Waals surface area contributed by atoms with Crippen LogP contribution in [-0.4, -0.2) is 68.5 Å². The minimum atomic E-state index is -4.57. The van der Waals surface area contributed by atoms with Crippen molar-refractivity contribution in [2.24, 2.45) is 0 Å². The van der Waals surface area contributed by atoms with Crippen LogP contribution in [-0.2, 0) is 18.4 Å². The molecule has 3 unspecified atom stereocenters. The smallest absolute Gasteiger partial charge is 0.268 e. The normalized spacial score (nSPS) is 13.8. The van der Waals surface area contributed by atoms with E-state index < -0.39 is 20.0 Å². The Hall–Kier alpha value is -0.760. The number of likely N-dealkylation sites (N-methyl/N-ethyl adjacent to an activating group) is 1. The number of quaternary nitrogens is 1. The lowest BCUT2D eigenvalue weighted by Crippen LogP contribution is -2.46. The molecule has 72 heavy (non-hydrogen) atoms. The molecule has 0 saturated carbocycles. The summed E-state index contributed by atoms with van der Waals surface area (Å²) in [5, 5.41) is 14.1. The van der Waals surface area contributed by atoms with Gasteiger partial charge in [0.1, 0.15) is 13.2 Å². The van der Waals surface area contributed by atoms with Crippen molar-refractivity contribution in [3.63, 3.8) is 0 Å². The number of hydrogen-bond donors (Lipinski definition) is 2. The molecule has 0 radical (unpaired) electrons. The molecule has 2 N–H and O–H groups in total. The zero-order valence-corrected chi connectivity index (χ0v) is 50.1. The van der Waals surface area contributed by atoms with Crippen molar-refractivity contribution < 1.29 is 32.9 Å². The van der Waals surface area contributed by atoms with Crippen molar-refractivity contribution in [1.82, 2.24) is 5.32 Å². The third kappa shape index (κ3) is 57.0. The molecule has 8 nitrogen and oxygen atoms in total. The molecule has 0 fully saturated rings. The number of carbonyl (C=O) groups excluding carboxylic acids is 1. The fraction of sp³-hybridized carbons (Fsp3) is 0.952. The quantitative estimate of drug-likeness (QED) is 0.0272. The highest BCUT2D eigenvalue weighted by atomic mass is 31.2. The predicted molar refractivity (Wildman–Crippen MR) is 312 cm³/mol. The number of amides is 1. The number of hydrogen-bond acceptors (Lipinski definition) is 6. The van der Waals surface area contributed by atoms with E-state index in [0.29, 0.717) is 23.9 Å². The van der Waals surface area contributed by atoms with Crippen LogP contribution >= 0.6 is 7.82 Å². The van der Waals surface area contributed by atoms with Gasteiger partial charge in [-0.3, -0.25) is 9.36 Å². The van der Waals surface area contributed by atoms with Gasteiger partial charge in [-0.05, 0) is 38.5 Å². The van der Waals surface area contributed by atoms with Crippen LogP contribution in [0.1, 0.15) is 335 Å². The molecule has 3 atom stereocenters. The predicted octanol–water partition coefficient (Wildman–Crippen LogP) is 19.1. The summed E-state index contributed by atoms with van der Waals surface area (Å²) in [7, 11) is 1.32. The molecule has 0 aliphatic rings. The molecular weight excluding hydrogens is 912 g/mol. The number of rotatable bonds is 60. The van der Waals surface area contributed by atoms with Crippen LogP contribution in [0.5, 0.6) is 0 Å². The zero-order valence-electron chi connectivity index (χ0n) is 49.2. The van der Waals surface area contributed by atoms with E-state index in [2.05, 4.69) is 31.3 Å². The average molecular weight is 1040 g/mol. The third-order valence-corrected chi connectivity index (χ3v) is 16.0. The van der Waals surface area contributed by atoms with Gasteiger partial charge in [-0.25, -0.2) is 0 Å². The van der Waals surface area contributed by atoms with Crippen LogP contribution in [0, 0.1) is 0 Å². The van der Waals surface area contributed by atoms with Crippen LogP contribution in [0.4, 0.5) is 0 Å². The van der Waals surface area contributed by atoms with Crippen molar-refractivity contribution in [1.29, 1.82) is 0 Å². The van der Waals surface area contributed by atoms with Crippen molar-refractivity contribution >= 4 is 13.7 Å². The summed E-state index contributed by atoms with van der Waals surface area (Å²) in [5.41, 5.74) is 0. The highest BCUT2D eigenvalue weighted by Crippen LogP contribution is 2.38. The van der Waals surface area contributed by atoms with Gasteiger partial charge in [0.25, 0.3) is 7.82 Å². The fourth-order valence-electron chi connectivity index (χ4n) is 9.98. The Bertz CT molecular complexity index is 1180. The summed E-state index contributed by atoms with van der Waals surface area (Å²) < 4.78 is 23.5. The highest BCUT2D eigenvalue weighted by molar-refractivity contribution is 7.45. The molecule has 9 heteroatoms. The lowest BCUT2D eigenvalue weighted by Gasteiger charge is -2.30. The first-order valence-electron chi connectivity index (χ1n) is 32.0. The highest BCUT2D eigenvalue weighted by Gasteiger charge is 2.24. The molecular formula is C63H127N2O6P. The van der Waals surface area contributed by atoms with Gasteiger partial charge in [-0.2, -0.15) is 0 Å². The molecule has 0 heterocycles. The molecule has 0 aromatic heterocycles. The van der Waals surface area contributed by atoms with Gasteiger partial charge in [-0.1, -0.05) is 302 Å². The summed E-state index contributed by atoms with van der Waals surface area (Å²) >= 11 is 0. The van der Waals surface area contributed by atoms with E-state index in [1.165, 1.54) is 270 Å². The maximum absolute atomic E-state index is 13.0. The van der Waals surface area contributed by atoms with Gasteiger partial charge in [0.2, 0.25) is 5.91 Å². The molecule has 0 aliphatic heterocycles. The number of aliphatic hydroxyl groups excluding tert-OH is 1. The molecule has 0 saturated heterocycles. The van der Waals surface area contributed by atoms with Crippen LogP contribution < -0.4 is 10.2 Å². The van der Waals surface area contributed by atoms with Crippen molar-refractivity contribution in [2.75, 3.05) is 40.9 Å². The number of phosphoric ester groups is 1. The van der Waals surface area contributed by atoms with E-state index in [4.69, 9.17) is 9.05 Å². The van der Waals surface area contributed by atoms with Gasteiger partial charge in [0.05, 0.1) is 39.9 Å². The number of nitrogens with zero attached hydrogens (tertiary/aromatic N) is 1. The second-order valence-electron chi connectivity index (χ2n) is 23.5. The van der Waals surface area contributed by atoms with Crippen LogP contribution in [0.3, 0.4) is 0 Å². The van der Waals surface area contributed by atoms with Gasteiger partial charge < -0.3 is 28.8 Å².